The average Bonchev–Trinajstić information content (AvgIpc) is 3.20. The lowest BCUT2D eigenvalue weighted by molar-refractivity contribution is 0.146. The van der Waals surface area contributed by atoms with E-state index < -0.39 is 0 Å². The monoisotopic (exact) mass is 399 g/mol. The van der Waals surface area contributed by atoms with Crippen LogP contribution in [0.25, 0.3) is 23.1 Å². The number of aromatic amines is 1. The Labute approximate surface area is 176 Å². The number of aromatic nitrogens is 1. The zero-order valence-electron chi connectivity index (χ0n) is 17.0. The van der Waals surface area contributed by atoms with Crippen LogP contribution in [0.4, 0.5) is 0 Å². The molecule has 4 nitrogen and oxygen atoms in total. The fourth-order valence-corrected chi connectivity index (χ4v) is 3.22. The third-order valence-corrected chi connectivity index (χ3v) is 4.77. The van der Waals surface area contributed by atoms with Gasteiger partial charge in [0, 0.05) is 29.3 Å². The minimum atomic E-state index is 0.527. The van der Waals surface area contributed by atoms with E-state index >= 15 is 0 Å². The van der Waals surface area contributed by atoms with E-state index in [1.165, 1.54) is 0 Å². The summed E-state index contributed by atoms with van der Waals surface area (Å²) in [6.07, 6.45) is 4.11. The Morgan fingerprint density at radius 2 is 1.63 bits per heavy atom. The molecule has 0 radical (unpaired) electrons. The molecule has 0 aliphatic heterocycles. The van der Waals surface area contributed by atoms with Crippen LogP contribution in [0.3, 0.4) is 0 Å². The molecule has 0 atom stereocenters. The molecule has 3 aromatic carbocycles. The summed E-state index contributed by atoms with van der Waals surface area (Å²) in [5.74, 6) is 1.70. The van der Waals surface area contributed by atoms with Gasteiger partial charge >= 0.3 is 0 Å². The molecule has 30 heavy (non-hydrogen) atoms. The largest absolute Gasteiger partial charge is 0.491 e. The van der Waals surface area contributed by atoms with Crippen molar-refractivity contribution in [3.05, 3.63) is 95.7 Å². The maximum Gasteiger partial charge on any atom is 0.126 e. The molecule has 0 spiro atoms. The summed E-state index contributed by atoms with van der Waals surface area (Å²) < 4.78 is 16.8. The fourth-order valence-electron chi connectivity index (χ4n) is 3.22. The van der Waals surface area contributed by atoms with Crippen molar-refractivity contribution in [3.8, 4) is 11.5 Å². The quantitative estimate of drug-likeness (QED) is 0.354. The summed E-state index contributed by atoms with van der Waals surface area (Å²) in [5.41, 5.74) is 4.28. The first kappa shape index (κ1) is 19.8. The molecule has 0 aliphatic rings. The third-order valence-electron chi connectivity index (χ3n) is 4.77. The average molecular weight is 399 g/mol. The van der Waals surface area contributed by atoms with Crippen LogP contribution in [0.5, 0.6) is 11.5 Å². The number of H-pyrrole nitrogens is 1. The number of ether oxygens (including phenoxy) is 3. The normalized spacial score (nSPS) is 11.2. The van der Waals surface area contributed by atoms with Crippen molar-refractivity contribution >= 4 is 23.1 Å². The van der Waals surface area contributed by atoms with E-state index in [0.717, 1.165) is 39.2 Å². The first-order valence-corrected chi connectivity index (χ1v) is 10.0. The minimum absolute atomic E-state index is 0.527. The van der Waals surface area contributed by atoms with E-state index in [4.69, 9.17) is 14.2 Å². The van der Waals surface area contributed by atoms with Gasteiger partial charge in [-0.25, -0.2) is 0 Å². The van der Waals surface area contributed by atoms with Crippen molar-refractivity contribution in [2.75, 3.05) is 20.3 Å². The Hall–Kier alpha value is -3.50. The van der Waals surface area contributed by atoms with Crippen LogP contribution in [0.2, 0.25) is 0 Å². The van der Waals surface area contributed by atoms with E-state index in [2.05, 4.69) is 47.5 Å². The lowest BCUT2D eigenvalue weighted by Crippen LogP contribution is -2.04. The zero-order chi connectivity index (χ0) is 20.6. The highest BCUT2D eigenvalue weighted by atomic mass is 16.5. The van der Waals surface area contributed by atoms with E-state index in [1.807, 2.05) is 48.5 Å². The van der Waals surface area contributed by atoms with Crippen molar-refractivity contribution in [1.29, 1.82) is 0 Å². The SMILES string of the molecule is COCCOc1ccccc1/C=C/c1cc2cc(OCc3ccccc3)ccc2[nH]1. The summed E-state index contributed by atoms with van der Waals surface area (Å²) in [6.45, 7) is 1.65. The Kier molecular flexibility index (Phi) is 6.47. The summed E-state index contributed by atoms with van der Waals surface area (Å²) in [6, 6.07) is 26.4. The maximum atomic E-state index is 5.94. The molecule has 0 bridgehead atoms. The highest BCUT2D eigenvalue weighted by molar-refractivity contribution is 5.85. The molecule has 1 N–H and O–H groups in total. The fraction of sp³-hybridized carbons (Fsp3) is 0.154. The van der Waals surface area contributed by atoms with Gasteiger partial charge in [-0.1, -0.05) is 48.5 Å². The number of fused-ring (bicyclic) bond motifs is 1. The number of para-hydroxylation sites is 1. The van der Waals surface area contributed by atoms with Crippen LogP contribution < -0.4 is 9.47 Å². The number of hydrogen-bond donors (Lipinski definition) is 1. The van der Waals surface area contributed by atoms with Crippen molar-refractivity contribution in [2.45, 2.75) is 6.61 Å². The van der Waals surface area contributed by atoms with Crippen LogP contribution in [0, 0.1) is 0 Å². The number of benzene rings is 3. The number of rotatable bonds is 9. The van der Waals surface area contributed by atoms with Gasteiger partial charge < -0.3 is 19.2 Å². The van der Waals surface area contributed by atoms with Crippen molar-refractivity contribution in [1.82, 2.24) is 4.98 Å². The van der Waals surface area contributed by atoms with Gasteiger partial charge in [0.2, 0.25) is 0 Å². The van der Waals surface area contributed by atoms with Gasteiger partial charge in [-0.05, 0) is 48.0 Å². The first-order chi connectivity index (χ1) is 14.8. The molecule has 0 saturated carbocycles. The molecule has 0 aliphatic carbocycles. The molecule has 152 valence electrons. The Bertz CT molecular complexity index is 1120. The predicted octanol–water partition coefficient (Wildman–Crippen LogP) is 5.94. The smallest absolute Gasteiger partial charge is 0.126 e. The molecule has 4 aromatic rings. The van der Waals surface area contributed by atoms with Crippen molar-refractivity contribution in [2.24, 2.45) is 0 Å². The van der Waals surface area contributed by atoms with E-state index in [0.29, 0.717) is 19.8 Å². The topological polar surface area (TPSA) is 43.5 Å². The standard InChI is InChI=1S/C26H25NO3/c1-28-15-16-29-26-10-6-5-9-21(26)11-12-23-17-22-18-24(13-14-25(22)27-23)30-19-20-7-3-2-4-8-20/h2-14,17-18,27H,15-16,19H2,1H3/b12-11+. The van der Waals surface area contributed by atoms with Gasteiger partial charge in [0.05, 0.1) is 6.61 Å². The Morgan fingerprint density at radius 1 is 0.800 bits per heavy atom. The molecule has 0 amide bonds. The maximum absolute atomic E-state index is 5.94. The predicted molar refractivity (Wildman–Crippen MR) is 122 cm³/mol. The van der Waals surface area contributed by atoms with Crippen LogP contribution in [0.15, 0.2) is 78.9 Å². The second-order valence-corrected chi connectivity index (χ2v) is 6.96. The van der Waals surface area contributed by atoms with Crippen molar-refractivity contribution in [3.63, 3.8) is 0 Å². The summed E-state index contributed by atoms with van der Waals surface area (Å²) >= 11 is 0. The molecule has 1 aromatic heterocycles. The van der Waals surface area contributed by atoms with Gasteiger partial charge in [-0.15, -0.1) is 0 Å². The van der Waals surface area contributed by atoms with E-state index in [9.17, 15) is 0 Å². The summed E-state index contributed by atoms with van der Waals surface area (Å²) in [4.78, 5) is 3.44. The van der Waals surface area contributed by atoms with Crippen molar-refractivity contribution < 1.29 is 14.2 Å². The van der Waals surface area contributed by atoms with Crippen LogP contribution in [-0.2, 0) is 11.3 Å². The lowest BCUT2D eigenvalue weighted by Gasteiger charge is -2.08. The highest BCUT2D eigenvalue weighted by Crippen LogP contribution is 2.25. The van der Waals surface area contributed by atoms with Gasteiger partial charge in [-0.3, -0.25) is 0 Å². The molecular formula is C26H25NO3. The molecule has 4 rings (SSSR count). The molecule has 0 saturated heterocycles. The van der Waals surface area contributed by atoms with Crippen LogP contribution in [-0.4, -0.2) is 25.3 Å². The zero-order valence-corrected chi connectivity index (χ0v) is 17.0. The molecule has 4 heteroatoms. The second kappa shape index (κ2) is 9.81. The van der Waals surface area contributed by atoms with Crippen LogP contribution >= 0.6 is 0 Å². The molecule has 0 fully saturated rings. The highest BCUT2D eigenvalue weighted by Gasteiger charge is 2.03. The lowest BCUT2D eigenvalue weighted by atomic mass is 10.1. The van der Waals surface area contributed by atoms with E-state index in [-0.39, 0.29) is 0 Å². The second-order valence-electron chi connectivity index (χ2n) is 6.96. The third kappa shape index (κ3) is 5.10. The summed E-state index contributed by atoms with van der Waals surface area (Å²) in [7, 11) is 1.67. The number of nitrogens with one attached hydrogen (secondary N) is 1. The van der Waals surface area contributed by atoms with Gasteiger partial charge in [0.1, 0.15) is 24.7 Å². The molecular weight excluding hydrogens is 374 g/mol. The Balaban J connectivity index is 1.46. The minimum Gasteiger partial charge on any atom is -0.491 e. The van der Waals surface area contributed by atoms with Gasteiger partial charge in [0.25, 0.3) is 0 Å². The summed E-state index contributed by atoms with van der Waals surface area (Å²) in [5, 5.41) is 1.12. The number of hydrogen-bond acceptors (Lipinski definition) is 3. The molecule has 1 heterocycles. The Morgan fingerprint density at radius 3 is 2.50 bits per heavy atom. The molecule has 0 unspecified atom stereocenters. The first-order valence-electron chi connectivity index (χ1n) is 10.0. The van der Waals surface area contributed by atoms with Gasteiger partial charge in [0.15, 0.2) is 0 Å². The van der Waals surface area contributed by atoms with E-state index in [1.54, 1.807) is 7.11 Å². The number of methoxy groups -OCH3 is 1. The van der Waals surface area contributed by atoms with Crippen LogP contribution in [0.1, 0.15) is 16.8 Å². The van der Waals surface area contributed by atoms with Gasteiger partial charge in [-0.2, -0.15) is 0 Å².